The number of nitrogens with zero attached hydrogens (tertiary/aromatic N) is 3. The lowest BCUT2D eigenvalue weighted by atomic mass is 9.96. The maximum atomic E-state index is 12.5. The van der Waals surface area contributed by atoms with Crippen LogP contribution in [0.2, 0.25) is 5.02 Å². The first-order valence-electron chi connectivity index (χ1n) is 10.8. The minimum absolute atomic E-state index is 0.0670. The zero-order valence-corrected chi connectivity index (χ0v) is 19.7. The molecule has 1 saturated heterocycles. The van der Waals surface area contributed by atoms with Crippen molar-refractivity contribution < 1.29 is 9.32 Å². The number of aromatic nitrogens is 2. The third kappa shape index (κ3) is 6.34. The highest BCUT2D eigenvalue weighted by molar-refractivity contribution is 7.99. The van der Waals surface area contributed by atoms with E-state index in [9.17, 15) is 4.79 Å². The maximum Gasteiger partial charge on any atom is 0.241 e. The van der Waals surface area contributed by atoms with E-state index in [0.29, 0.717) is 24.8 Å². The number of carbonyl (C=O) groups excluding carboxylic acids is 1. The van der Waals surface area contributed by atoms with Crippen LogP contribution in [0.25, 0.3) is 11.4 Å². The molecule has 1 aromatic heterocycles. The fraction of sp³-hybridized carbons (Fsp3) is 0.375. The van der Waals surface area contributed by atoms with Crippen LogP contribution < -0.4 is 5.32 Å². The molecule has 3 aromatic rings. The summed E-state index contributed by atoms with van der Waals surface area (Å²) in [4.78, 5) is 20.5. The highest BCUT2D eigenvalue weighted by Crippen LogP contribution is 2.22. The maximum absolute atomic E-state index is 12.5. The molecule has 6 nitrogen and oxygen atoms in total. The quantitative estimate of drug-likeness (QED) is 0.376. The van der Waals surface area contributed by atoms with Gasteiger partial charge in [-0.15, -0.1) is 11.8 Å². The molecule has 0 unspecified atom stereocenters. The van der Waals surface area contributed by atoms with Crippen molar-refractivity contribution in [2.45, 2.75) is 31.2 Å². The summed E-state index contributed by atoms with van der Waals surface area (Å²) in [5, 5.41) is 7.93. The Kier molecular flexibility index (Phi) is 7.84. The van der Waals surface area contributed by atoms with Crippen LogP contribution in [0.5, 0.6) is 0 Å². The number of thioether (sulfide) groups is 1. The van der Waals surface area contributed by atoms with Crippen molar-refractivity contribution in [2.75, 3.05) is 25.4 Å². The lowest BCUT2D eigenvalue weighted by molar-refractivity contribution is -0.126. The van der Waals surface area contributed by atoms with Crippen LogP contribution in [0.15, 0.2) is 57.9 Å². The van der Waals surface area contributed by atoms with Gasteiger partial charge in [-0.25, -0.2) is 0 Å². The smallest absolute Gasteiger partial charge is 0.241 e. The first-order valence-corrected chi connectivity index (χ1v) is 12.2. The molecule has 1 fully saturated rings. The van der Waals surface area contributed by atoms with Gasteiger partial charge in [-0.1, -0.05) is 40.5 Å². The molecule has 168 valence electrons. The van der Waals surface area contributed by atoms with E-state index in [1.54, 1.807) is 11.8 Å². The zero-order chi connectivity index (χ0) is 22.3. The lowest BCUT2D eigenvalue weighted by Crippen LogP contribution is -2.40. The highest BCUT2D eigenvalue weighted by atomic mass is 35.5. The van der Waals surface area contributed by atoms with E-state index in [4.69, 9.17) is 16.1 Å². The molecule has 0 bridgehead atoms. The average molecular weight is 471 g/mol. The van der Waals surface area contributed by atoms with Gasteiger partial charge in [0.25, 0.3) is 0 Å². The van der Waals surface area contributed by atoms with Crippen LogP contribution in [0.4, 0.5) is 0 Å². The average Bonchev–Trinajstić information content (AvgIpc) is 3.27. The summed E-state index contributed by atoms with van der Waals surface area (Å²) >= 11 is 7.62. The highest BCUT2D eigenvalue weighted by Gasteiger charge is 2.25. The summed E-state index contributed by atoms with van der Waals surface area (Å²) in [5.74, 6) is 2.29. The van der Waals surface area contributed by atoms with Gasteiger partial charge in [0.1, 0.15) is 0 Å². The van der Waals surface area contributed by atoms with Crippen molar-refractivity contribution in [1.82, 2.24) is 20.4 Å². The van der Waals surface area contributed by atoms with Crippen LogP contribution in [0.3, 0.4) is 0 Å². The molecule has 4 rings (SSSR count). The number of rotatable bonds is 8. The van der Waals surface area contributed by atoms with Gasteiger partial charge >= 0.3 is 0 Å². The minimum Gasteiger partial charge on any atom is -0.355 e. The van der Waals surface area contributed by atoms with Gasteiger partial charge in [0, 0.05) is 33.7 Å². The number of hydrogen-bond donors (Lipinski definition) is 1. The molecule has 0 atom stereocenters. The second-order valence-electron chi connectivity index (χ2n) is 8.03. The lowest BCUT2D eigenvalue weighted by Gasteiger charge is -2.30. The van der Waals surface area contributed by atoms with E-state index >= 15 is 0 Å². The Morgan fingerprint density at radius 3 is 2.75 bits per heavy atom. The summed E-state index contributed by atoms with van der Waals surface area (Å²) < 4.78 is 5.45. The minimum atomic E-state index is 0.0670. The van der Waals surface area contributed by atoms with Crippen molar-refractivity contribution in [3.63, 3.8) is 0 Å². The first-order chi connectivity index (χ1) is 15.6. The fourth-order valence-electron chi connectivity index (χ4n) is 3.78. The third-order valence-corrected chi connectivity index (χ3v) is 6.81. The topological polar surface area (TPSA) is 71.3 Å². The summed E-state index contributed by atoms with van der Waals surface area (Å²) in [7, 11) is 0. The molecule has 2 heterocycles. The molecule has 0 aliphatic carbocycles. The van der Waals surface area contributed by atoms with Crippen LogP contribution >= 0.6 is 23.4 Å². The molecule has 1 amide bonds. The number of halogens is 1. The first kappa shape index (κ1) is 22.8. The van der Waals surface area contributed by atoms with Gasteiger partial charge in [0.05, 0.1) is 6.54 Å². The van der Waals surface area contributed by atoms with E-state index < -0.39 is 0 Å². The Labute approximate surface area is 197 Å². The Morgan fingerprint density at radius 2 is 2.00 bits per heavy atom. The van der Waals surface area contributed by atoms with Crippen molar-refractivity contribution in [3.8, 4) is 11.4 Å². The normalized spacial score (nSPS) is 15.1. The number of aryl methyl sites for hydroxylation is 1. The summed E-state index contributed by atoms with van der Waals surface area (Å²) in [6, 6.07) is 15.8. The van der Waals surface area contributed by atoms with Crippen molar-refractivity contribution in [1.29, 1.82) is 0 Å². The Balaban J connectivity index is 1.17. The molecule has 1 aliphatic rings. The molecule has 0 spiro atoms. The van der Waals surface area contributed by atoms with Gasteiger partial charge in [0.2, 0.25) is 17.6 Å². The van der Waals surface area contributed by atoms with Gasteiger partial charge < -0.3 is 9.84 Å². The Bertz CT molecular complexity index is 1030. The number of carbonyl (C=O) groups is 1. The fourth-order valence-corrected chi connectivity index (χ4v) is 4.68. The SMILES string of the molecule is Cc1cccc(-c2noc(CN3CCC(C(=O)NCCSc4ccc(Cl)cc4)CC3)n2)c1. The van der Waals surface area contributed by atoms with Crippen LogP contribution in [-0.4, -0.2) is 46.3 Å². The molecular formula is C24H27ClN4O2S. The van der Waals surface area contributed by atoms with E-state index in [1.165, 1.54) is 0 Å². The van der Waals surface area contributed by atoms with E-state index in [2.05, 4.69) is 20.4 Å². The molecule has 0 saturated carbocycles. The van der Waals surface area contributed by atoms with Gasteiger partial charge in [-0.3, -0.25) is 9.69 Å². The number of benzene rings is 2. The van der Waals surface area contributed by atoms with E-state index in [1.807, 2.05) is 55.5 Å². The molecule has 8 heteroatoms. The zero-order valence-electron chi connectivity index (χ0n) is 18.1. The van der Waals surface area contributed by atoms with Crippen LogP contribution in [-0.2, 0) is 11.3 Å². The van der Waals surface area contributed by atoms with Crippen molar-refractivity contribution in [3.05, 3.63) is 65.0 Å². The standard InChI is InChI=1S/C24H27ClN4O2S/c1-17-3-2-4-19(15-17)23-27-22(31-28-23)16-29-12-9-18(10-13-29)24(30)26-11-14-32-21-7-5-20(25)6-8-21/h2-8,15,18H,9-14,16H2,1H3,(H,26,30). The molecule has 1 aliphatic heterocycles. The monoisotopic (exact) mass is 470 g/mol. The summed E-state index contributed by atoms with van der Waals surface area (Å²) in [6.45, 7) is 5.02. The van der Waals surface area contributed by atoms with Gasteiger partial charge in [-0.05, 0) is 63.2 Å². The number of hydrogen-bond acceptors (Lipinski definition) is 6. The second kappa shape index (κ2) is 11.0. The molecule has 32 heavy (non-hydrogen) atoms. The molecular weight excluding hydrogens is 444 g/mol. The summed E-state index contributed by atoms with van der Waals surface area (Å²) in [6.07, 6.45) is 1.68. The van der Waals surface area contributed by atoms with E-state index in [-0.39, 0.29) is 11.8 Å². The number of amides is 1. The van der Waals surface area contributed by atoms with Crippen LogP contribution in [0.1, 0.15) is 24.3 Å². The van der Waals surface area contributed by atoms with Crippen molar-refractivity contribution in [2.24, 2.45) is 5.92 Å². The molecule has 0 radical (unpaired) electrons. The largest absolute Gasteiger partial charge is 0.355 e. The number of piperidine rings is 1. The summed E-state index contributed by atoms with van der Waals surface area (Å²) in [5.41, 5.74) is 2.13. The second-order valence-corrected chi connectivity index (χ2v) is 9.63. The molecule has 1 N–H and O–H groups in total. The Morgan fingerprint density at radius 1 is 1.22 bits per heavy atom. The number of likely N-dealkylation sites (tertiary alicyclic amines) is 1. The van der Waals surface area contributed by atoms with Gasteiger partial charge in [-0.2, -0.15) is 4.98 Å². The van der Waals surface area contributed by atoms with E-state index in [0.717, 1.165) is 52.7 Å². The van der Waals surface area contributed by atoms with Crippen molar-refractivity contribution >= 4 is 29.3 Å². The number of nitrogens with one attached hydrogen (secondary N) is 1. The van der Waals surface area contributed by atoms with Crippen LogP contribution in [0, 0.1) is 12.8 Å². The molecule has 2 aromatic carbocycles. The van der Waals surface area contributed by atoms with Gasteiger partial charge in [0.15, 0.2) is 0 Å². The predicted octanol–water partition coefficient (Wildman–Crippen LogP) is 4.82. The Hall–Kier alpha value is -2.35. The predicted molar refractivity (Wildman–Crippen MR) is 128 cm³/mol. The third-order valence-electron chi connectivity index (χ3n) is 5.55.